The number of amides is 1. The molecule has 0 saturated carbocycles. The predicted octanol–water partition coefficient (Wildman–Crippen LogP) is 3.40. The van der Waals surface area contributed by atoms with E-state index in [1.807, 2.05) is 0 Å². The van der Waals surface area contributed by atoms with Crippen molar-refractivity contribution in [2.75, 3.05) is 18.6 Å². The van der Waals surface area contributed by atoms with Crippen molar-refractivity contribution in [2.24, 2.45) is 0 Å². The lowest BCUT2D eigenvalue weighted by atomic mass is 10.1. The molecule has 4 heteroatoms. The number of unbranched alkanes of at least 4 members (excludes halogenated alkanes) is 9. The summed E-state index contributed by atoms with van der Waals surface area (Å²) in [6.07, 6.45) is 12.8. The van der Waals surface area contributed by atoms with Crippen molar-refractivity contribution in [2.45, 2.75) is 71.1 Å². The van der Waals surface area contributed by atoms with Gasteiger partial charge in [0.05, 0.1) is 0 Å². The second-order valence-electron chi connectivity index (χ2n) is 5.14. The Morgan fingerprint density at radius 3 is 1.84 bits per heavy atom. The van der Waals surface area contributed by atoms with E-state index in [9.17, 15) is 9.00 Å². The minimum atomic E-state index is -0.975. The molecule has 1 N–H and O–H groups in total. The molecule has 0 aromatic rings. The van der Waals surface area contributed by atoms with E-state index >= 15 is 0 Å². The first-order chi connectivity index (χ1) is 9.20. The van der Waals surface area contributed by atoms with E-state index in [1.54, 1.807) is 7.05 Å². The minimum absolute atomic E-state index is 0.120. The Labute approximate surface area is 121 Å². The first kappa shape index (κ1) is 18.6. The van der Waals surface area contributed by atoms with Crippen LogP contribution in [0.3, 0.4) is 0 Å². The van der Waals surface area contributed by atoms with E-state index in [4.69, 9.17) is 0 Å². The quantitative estimate of drug-likeness (QED) is 0.528. The molecular formula is C15H31NO2S. The van der Waals surface area contributed by atoms with E-state index in [0.717, 1.165) is 12.8 Å². The molecule has 1 amide bonds. The SMILES string of the molecule is CCCCCCCCCCCCS(=O)CC(=O)NC. The fourth-order valence-electron chi connectivity index (χ4n) is 2.04. The average molecular weight is 289 g/mol. The second kappa shape index (κ2) is 14.0. The molecule has 0 aliphatic rings. The van der Waals surface area contributed by atoms with Crippen molar-refractivity contribution < 1.29 is 9.00 Å². The van der Waals surface area contributed by atoms with E-state index in [0.29, 0.717) is 5.75 Å². The Kier molecular flexibility index (Phi) is 13.8. The maximum absolute atomic E-state index is 11.5. The maximum atomic E-state index is 11.5. The zero-order valence-electron chi connectivity index (χ0n) is 12.7. The topological polar surface area (TPSA) is 46.2 Å². The van der Waals surface area contributed by atoms with Crippen LogP contribution in [0.1, 0.15) is 71.1 Å². The zero-order chi connectivity index (χ0) is 14.3. The molecule has 0 saturated heterocycles. The largest absolute Gasteiger partial charge is 0.358 e. The molecule has 19 heavy (non-hydrogen) atoms. The number of rotatable bonds is 13. The van der Waals surface area contributed by atoms with Gasteiger partial charge in [-0.25, -0.2) is 0 Å². The Bertz CT molecular complexity index is 244. The van der Waals surface area contributed by atoms with Gasteiger partial charge in [-0.3, -0.25) is 9.00 Å². The number of hydrogen-bond acceptors (Lipinski definition) is 2. The molecule has 0 fully saturated rings. The number of carbonyl (C=O) groups is 1. The molecule has 0 aromatic carbocycles. The summed E-state index contributed by atoms with van der Waals surface area (Å²) in [4.78, 5) is 11.0. The van der Waals surface area contributed by atoms with E-state index < -0.39 is 10.8 Å². The highest BCUT2D eigenvalue weighted by atomic mass is 32.2. The Hall–Kier alpha value is -0.380. The van der Waals surface area contributed by atoms with Crippen LogP contribution in [0.4, 0.5) is 0 Å². The summed E-state index contributed by atoms with van der Waals surface area (Å²) >= 11 is 0. The Balaban J connectivity index is 3.18. The predicted molar refractivity (Wildman–Crippen MR) is 83.8 cm³/mol. The molecular weight excluding hydrogens is 258 g/mol. The summed E-state index contributed by atoms with van der Waals surface area (Å²) in [5.41, 5.74) is 0. The van der Waals surface area contributed by atoms with Crippen LogP contribution in [-0.4, -0.2) is 28.7 Å². The summed E-state index contributed by atoms with van der Waals surface area (Å²) in [7, 11) is 0.609. The molecule has 0 aliphatic heterocycles. The fourth-order valence-corrected chi connectivity index (χ4v) is 3.15. The van der Waals surface area contributed by atoms with Crippen LogP contribution in [-0.2, 0) is 15.6 Å². The smallest absolute Gasteiger partial charge is 0.232 e. The summed E-state index contributed by atoms with van der Waals surface area (Å²) in [6.45, 7) is 2.24. The molecule has 3 nitrogen and oxygen atoms in total. The van der Waals surface area contributed by atoms with Gasteiger partial charge in [0.1, 0.15) is 5.75 Å². The van der Waals surface area contributed by atoms with Gasteiger partial charge in [-0.1, -0.05) is 64.7 Å². The lowest BCUT2D eigenvalue weighted by Crippen LogP contribution is -2.25. The van der Waals surface area contributed by atoms with Crippen LogP contribution in [0, 0.1) is 0 Å². The first-order valence-electron chi connectivity index (χ1n) is 7.76. The van der Waals surface area contributed by atoms with Crippen LogP contribution in [0.2, 0.25) is 0 Å². The molecule has 0 radical (unpaired) electrons. The normalized spacial score (nSPS) is 12.3. The van der Waals surface area contributed by atoms with Gasteiger partial charge >= 0.3 is 0 Å². The highest BCUT2D eigenvalue weighted by molar-refractivity contribution is 7.85. The molecule has 0 rings (SSSR count). The molecule has 1 unspecified atom stereocenters. The highest BCUT2D eigenvalue weighted by Gasteiger charge is 2.05. The van der Waals surface area contributed by atoms with Gasteiger partial charge in [-0.2, -0.15) is 0 Å². The fraction of sp³-hybridized carbons (Fsp3) is 0.933. The summed E-state index contributed by atoms with van der Waals surface area (Å²) in [5.74, 6) is 0.711. The van der Waals surface area contributed by atoms with Crippen molar-refractivity contribution >= 4 is 16.7 Å². The summed E-state index contributed by atoms with van der Waals surface area (Å²) in [6, 6.07) is 0. The van der Waals surface area contributed by atoms with Crippen LogP contribution < -0.4 is 5.32 Å². The molecule has 1 atom stereocenters. The van der Waals surface area contributed by atoms with Crippen LogP contribution in [0.25, 0.3) is 0 Å². The molecule has 0 spiro atoms. The third kappa shape index (κ3) is 13.8. The van der Waals surface area contributed by atoms with Crippen molar-refractivity contribution in [3.63, 3.8) is 0 Å². The number of hydrogen-bond donors (Lipinski definition) is 1. The van der Waals surface area contributed by atoms with E-state index in [2.05, 4.69) is 12.2 Å². The van der Waals surface area contributed by atoms with Crippen LogP contribution >= 0.6 is 0 Å². The van der Waals surface area contributed by atoms with Gasteiger partial charge in [0.2, 0.25) is 5.91 Å². The van der Waals surface area contributed by atoms with Gasteiger partial charge in [0, 0.05) is 23.6 Å². The monoisotopic (exact) mass is 289 g/mol. The molecule has 0 aromatic heterocycles. The highest BCUT2D eigenvalue weighted by Crippen LogP contribution is 2.10. The van der Waals surface area contributed by atoms with Crippen molar-refractivity contribution in [3.05, 3.63) is 0 Å². The third-order valence-corrected chi connectivity index (χ3v) is 4.62. The van der Waals surface area contributed by atoms with E-state index in [1.165, 1.54) is 51.4 Å². The second-order valence-corrected chi connectivity index (χ2v) is 6.72. The first-order valence-corrected chi connectivity index (χ1v) is 9.25. The van der Waals surface area contributed by atoms with Crippen LogP contribution in [0.15, 0.2) is 0 Å². The number of carbonyl (C=O) groups excluding carboxylic acids is 1. The molecule has 0 aliphatic carbocycles. The van der Waals surface area contributed by atoms with Gasteiger partial charge in [0.15, 0.2) is 0 Å². The van der Waals surface area contributed by atoms with E-state index in [-0.39, 0.29) is 11.7 Å². The summed E-state index contributed by atoms with van der Waals surface area (Å²) < 4.78 is 11.5. The molecule has 0 bridgehead atoms. The summed E-state index contributed by atoms with van der Waals surface area (Å²) in [5, 5.41) is 2.50. The molecule has 0 heterocycles. The Morgan fingerprint density at radius 2 is 1.37 bits per heavy atom. The Morgan fingerprint density at radius 1 is 0.895 bits per heavy atom. The molecule has 114 valence electrons. The standard InChI is InChI=1S/C15H31NO2S/c1-3-4-5-6-7-8-9-10-11-12-13-19(18)14-15(17)16-2/h3-14H2,1-2H3,(H,16,17). The van der Waals surface area contributed by atoms with Crippen molar-refractivity contribution in [1.82, 2.24) is 5.32 Å². The lowest BCUT2D eigenvalue weighted by molar-refractivity contribution is -0.118. The van der Waals surface area contributed by atoms with Gasteiger partial charge in [0.25, 0.3) is 0 Å². The van der Waals surface area contributed by atoms with Gasteiger partial charge < -0.3 is 5.32 Å². The third-order valence-electron chi connectivity index (χ3n) is 3.30. The van der Waals surface area contributed by atoms with Gasteiger partial charge in [-0.15, -0.1) is 0 Å². The zero-order valence-corrected chi connectivity index (χ0v) is 13.5. The minimum Gasteiger partial charge on any atom is -0.358 e. The van der Waals surface area contributed by atoms with Crippen molar-refractivity contribution in [1.29, 1.82) is 0 Å². The van der Waals surface area contributed by atoms with Crippen LogP contribution in [0.5, 0.6) is 0 Å². The lowest BCUT2D eigenvalue weighted by Gasteiger charge is -2.03. The maximum Gasteiger partial charge on any atom is 0.232 e. The van der Waals surface area contributed by atoms with Gasteiger partial charge in [-0.05, 0) is 6.42 Å². The average Bonchev–Trinajstić information content (AvgIpc) is 2.40. The van der Waals surface area contributed by atoms with Crippen molar-refractivity contribution in [3.8, 4) is 0 Å². The number of nitrogens with one attached hydrogen (secondary N) is 1.